The lowest BCUT2D eigenvalue weighted by Crippen LogP contribution is -2.78. The third-order valence-corrected chi connectivity index (χ3v) is 10.6. The van der Waals surface area contributed by atoms with Crippen molar-refractivity contribution in [3.05, 3.63) is 133 Å². The van der Waals surface area contributed by atoms with Gasteiger partial charge in [0, 0.05) is 13.3 Å². The van der Waals surface area contributed by atoms with E-state index in [1.165, 1.54) is 13.0 Å². The van der Waals surface area contributed by atoms with Crippen molar-refractivity contribution in [3.63, 3.8) is 0 Å². The molecule has 5 rings (SSSR count). The number of hydrogen-bond acceptors (Lipinski definition) is 6. The second kappa shape index (κ2) is 23.8. The lowest BCUT2D eigenvalue weighted by molar-refractivity contribution is -0.459. The maximum absolute atomic E-state index is 14.1. The van der Waals surface area contributed by atoms with Gasteiger partial charge in [0.05, 0.1) is 13.1 Å². The maximum Gasteiger partial charge on any atom is 0.338 e. The van der Waals surface area contributed by atoms with E-state index in [2.05, 4.69) is 68.9 Å². The number of fused-ring (bicyclic) bond motifs is 2. The molecule has 14 nitrogen and oxygen atoms in total. The number of unbranched alkanes of at least 4 members (excludes halogenated alkanes) is 1. The SMILES string of the molecule is C=CC[C@H](NC(=O)[C@@H](CCC[NH+]=C(N)N)NC(=O)[C@@H](CCCC[NH3+])NC(=O)[C@H](Cc1ccc(-c2c3ccccc3cc3ccccc23)cc1)NC(C)=O)C(=O)OCc1ccccc1. The highest BCUT2D eigenvalue weighted by molar-refractivity contribution is 6.12. The number of carbonyl (C=O) groups excluding carboxylic acids is 5. The summed E-state index contributed by atoms with van der Waals surface area (Å²) in [7, 11) is 0. The molecule has 0 aliphatic heterocycles. The molecule has 0 saturated heterocycles. The summed E-state index contributed by atoms with van der Waals surface area (Å²) < 4.78 is 5.50. The van der Waals surface area contributed by atoms with Crippen LogP contribution in [0.1, 0.15) is 56.6 Å². The Labute approximate surface area is 368 Å². The molecule has 0 spiro atoms. The molecule has 4 amide bonds. The second-order valence-electron chi connectivity index (χ2n) is 15.5. The minimum absolute atomic E-state index is 0.00328. The normalized spacial score (nSPS) is 12.9. The van der Waals surface area contributed by atoms with Gasteiger partial charge in [-0.25, -0.2) is 4.79 Å². The Morgan fingerprint density at radius 2 is 1.24 bits per heavy atom. The molecule has 0 aromatic heterocycles. The molecule has 0 fully saturated rings. The number of quaternary nitrogens is 1. The van der Waals surface area contributed by atoms with Gasteiger partial charge in [-0.05, 0) is 88.4 Å². The van der Waals surface area contributed by atoms with Crippen molar-refractivity contribution in [3.8, 4) is 11.1 Å². The van der Waals surface area contributed by atoms with Crippen molar-refractivity contribution < 1.29 is 39.4 Å². The number of carbonyl (C=O) groups is 5. The van der Waals surface area contributed by atoms with Gasteiger partial charge in [-0.1, -0.05) is 109 Å². The Kier molecular flexibility index (Phi) is 17.8. The summed E-state index contributed by atoms with van der Waals surface area (Å²) in [5.74, 6) is -2.87. The van der Waals surface area contributed by atoms with E-state index in [0.717, 1.165) is 43.8 Å². The van der Waals surface area contributed by atoms with Gasteiger partial charge in [0.2, 0.25) is 23.6 Å². The van der Waals surface area contributed by atoms with E-state index in [9.17, 15) is 24.0 Å². The van der Waals surface area contributed by atoms with Crippen molar-refractivity contribution in [2.75, 3.05) is 13.1 Å². The van der Waals surface area contributed by atoms with E-state index in [1.54, 1.807) is 0 Å². The molecule has 0 bridgehead atoms. The van der Waals surface area contributed by atoms with Gasteiger partial charge in [-0.2, -0.15) is 0 Å². The Bertz CT molecular complexity index is 2330. The Morgan fingerprint density at radius 1 is 0.683 bits per heavy atom. The Morgan fingerprint density at radius 3 is 1.81 bits per heavy atom. The van der Waals surface area contributed by atoms with Gasteiger partial charge in [-0.3, -0.25) is 35.6 Å². The molecule has 0 radical (unpaired) electrons. The zero-order valence-electron chi connectivity index (χ0n) is 35.9. The lowest BCUT2D eigenvalue weighted by atomic mass is 9.91. The van der Waals surface area contributed by atoms with Crippen LogP contribution >= 0.6 is 0 Å². The molecule has 0 aliphatic carbocycles. The summed E-state index contributed by atoms with van der Waals surface area (Å²) in [4.78, 5) is 70.5. The van der Waals surface area contributed by atoms with Crippen LogP contribution in [0.25, 0.3) is 32.7 Å². The first-order valence-electron chi connectivity index (χ1n) is 21.4. The van der Waals surface area contributed by atoms with Gasteiger partial charge >= 0.3 is 11.9 Å². The van der Waals surface area contributed by atoms with Crippen LogP contribution < -0.4 is 43.5 Å². The molecule has 0 aliphatic rings. The zero-order valence-corrected chi connectivity index (χ0v) is 35.9. The predicted molar refractivity (Wildman–Crippen MR) is 245 cm³/mol. The quantitative estimate of drug-likeness (QED) is 0.0121. The average molecular weight is 857 g/mol. The molecule has 63 heavy (non-hydrogen) atoms. The fourth-order valence-electron chi connectivity index (χ4n) is 7.45. The second-order valence-corrected chi connectivity index (χ2v) is 15.5. The fraction of sp³-hybridized carbons (Fsp3) is 0.306. The van der Waals surface area contributed by atoms with Gasteiger partial charge < -0.3 is 31.7 Å². The van der Waals surface area contributed by atoms with Gasteiger partial charge in [0.15, 0.2) is 0 Å². The number of benzene rings is 5. The number of nitrogens with two attached hydrogens (primary N) is 2. The summed E-state index contributed by atoms with van der Waals surface area (Å²) >= 11 is 0. The Hall–Kier alpha value is -7.06. The highest BCUT2D eigenvalue weighted by Crippen LogP contribution is 2.36. The number of rotatable bonds is 23. The molecule has 0 heterocycles. The summed E-state index contributed by atoms with van der Waals surface area (Å²) in [6.45, 7) is 5.99. The first-order valence-corrected chi connectivity index (χ1v) is 21.4. The van der Waals surface area contributed by atoms with Gasteiger partial charge in [-0.15, -0.1) is 6.58 Å². The van der Waals surface area contributed by atoms with Crippen LogP contribution in [0.4, 0.5) is 0 Å². The largest absolute Gasteiger partial charge is 0.459 e. The minimum atomic E-state index is -1.12. The van der Waals surface area contributed by atoms with Crippen LogP contribution in [-0.4, -0.2) is 72.8 Å². The van der Waals surface area contributed by atoms with E-state index in [-0.39, 0.29) is 38.2 Å². The van der Waals surface area contributed by atoms with E-state index >= 15 is 0 Å². The standard InChI is InChI=1S/C49H58N8O6/c1-3-14-42(48(62)63-31-34-15-5-4-6-16-34)57-46(60)41(22-13-28-53-49(51)52)55-45(59)40(21-11-12-27-50)56-47(61)43(54-32(2)58)29-33-23-25-35(26-24-33)44-38-19-9-7-17-36(38)30-37-18-8-10-20-39(37)44/h3-10,15-20,23-26,30,40-43H,1,11-14,21-22,27-29,31,50H2,2H3,(H,54,58)(H,55,59)(H,56,61)(H,57,60)(H4,51,52,53)/p+2/t40-,41-,42+,43+/m1/s1. The zero-order chi connectivity index (χ0) is 45.1. The maximum atomic E-state index is 14.1. The molecule has 14 heteroatoms. The summed E-state index contributed by atoms with van der Waals surface area (Å²) in [5.41, 5.74) is 18.7. The van der Waals surface area contributed by atoms with Crippen molar-refractivity contribution in [2.45, 2.75) is 82.6 Å². The van der Waals surface area contributed by atoms with Crippen LogP contribution in [0, 0.1) is 0 Å². The lowest BCUT2D eigenvalue weighted by Gasteiger charge is -2.26. The van der Waals surface area contributed by atoms with E-state index in [0.29, 0.717) is 32.4 Å². The van der Waals surface area contributed by atoms with E-state index in [1.807, 2.05) is 78.9 Å². The third-order valence-electron chi connectivity index (χ3n) is 10.6. The number of amides is 4. The highest BCUT2D eigenvalue weighted by Gasteiger charge is 2.31. The third kappa shape index (κ3) is 14.0. The van der Waals surface area contributed by atoms with Crippen LogP contribution in [0.5, 0.6) is 0 Å². The summed E-state index contributed by atoms with van der Waals surface area (Å²) in [6.07, 6.45) is 3.71. The van der Waals surface area contributed by atoms with Crippen molar-refractivity contribution in [2.24, 2.45) is 11.5 Å². The minimum Gasteiger partial charge on any atom is -0.459 e. The predicted octanol–water partition coefficient (Wildman–Crippen LogP) is 2.03. The Balaban J connectivity index is 1.33. The van der Waals surface area contributed by atoms with Gasteiger partial charge in [0.1, 0.15) is 30.8 Å². The molecule has 0 unspecified atom stereocenters. The van der Waals surface area contributed by atoms with Crippen molar-refractivity contribution >= 4 is 57.1 Å². The summed E-state index contributed by atoms with van der Waals surface area (Å²) in [5, 5.41) is 15.7. The highest BCUT2D eigenvalue weighted by atomic mass is 16.5. The molecule has 4 atom stereocenters. The first-order chi connectivity index (χ1) is 30.5. The molecule has 0 saturated carbocycles. The molecule has 330 valence electrons. The molecule has 12 N–H and O–H groups in total. The number of nitrogens with one attached hydrogen (secondary N) is 5. The fourth-order valence-corrected chi connectivity index (χ4v) is 7.45. The average Bonchev–Trinajstić information content (AvgIpc) is 3.28. The van der Waals surface area contributed by atoms with Crippen LogP contribution in [0.15, 0.2) is 122 Å². The number of esters is 1. The van der Waals surface area contributed by atoms with Crippen molar-refractivity contribution in [1.82, 2.24) is 21.3 Å². The van der Waals surface area contributed by atoms with Crippen LogP contribution in [0.2, 0.25) is 0 Å². The molecular formula is C49H60N8O6+2. The monoisotopic (exact) mass is 856 g/mol. The van der Waals surface area contributed by atoms with Crippen LogP contribution in [0.3, 0.4) is 0 Å². The van der Waals surface area contributed by atoms with E-state index in [4.69, 9.17) is 16.2 Å². The number of guanidine groups is 1. The smallest absolute Gasteiger partial charge is 0.338 e. The topological polar surface area (TPSA) is 236 Å². The molecule has 5 aromatic carbocycles. The first kappa shape index (κ1) is 47.0. The molecular weight excluding hydrogens is 797 g/mol. The van der Waals surface area contributed by atoms with Gasteiger partial charge in [0.25, 0.3) is 0 Å². The summed E-state index contributed by atoms with van der Waals surface area (Å²) in [6, 6.07) is 31.5. The number of ether oxygens (including phenoxy) is 1. The van der Waals surface area contributed by atoms with Crippen LogP contribution in [-0.2, 0) is 41.7 Å². The van der Waals surface area contributed by atoms with Crippen molar-refractivity contribution in [1.29, 1.82) is 0 Å². The number of hydrogen-bond donors (Lipinski definition) is 8. The molecule has 5 aromatic rings. The van der Waals surface area contributed by atoms with E-state index < -0.39 is 53.8 Å².